The minimum Gasteiger partial charge on any atom is -0.380 e. The van der Waals surface area contributed by atoms with Gasteiger partial charge < -0.3 is 15.8 Å². The lowest BCUT2D eigenvalue weighted by atomic mass is 10.1. The van der Waals surface area contributed by atoms with Gasteiger partial charge in [0.05, 0.1) is 18.0 Å². The highest BCUT2D eigenvalue weighted by atomic mass is 32.1. The van der Waals surface area contributed by atoms with E-state index in [1.165, 1.54) is 4.88 Å². The van der Waals surface area contributed by atoms with Gasteiger partial charge in [-0.05, 0) is 25.8 Å². The van der Waals surface area contributed by atoms with Crippen molar-refractivity contribution in [2.45, 2.75) is 33.7 Å². The molecule has 0 aromatic carbocycles. The van der Waals surface area contributed by atoms with Crippen molar-refractivity contribution in [2.75, 3.05) is 24.3 Å². The van der Waals surface area contributed by atoms with E-state index in [1.807, 2.05) is 6.92 Å². The van der Waals surface area contributed by atoms with Crippen molar-refractivity contribution in [2.24, 2.45) is 5.92 Å². The molecule has 2 aromatic heterocycles. The van der Waals surface area contributed by atoms with Crippen LogP contribution in [0.3, 0.4) is 0 Å². The second-order valence-electron chi connectivity index (χ2n) is 5.16. The molecule has 0 amide bonds. The number of ether oxygens (including phenoxy) is 1. The first-order chi connectivity index (χ1) is 9.51. The number of anilines is 2. The zero-order chi connectivity index (χ0) is 14.7. The summed E-state index contributed by atoms with van der Waals surface area (Å²) in [6.45, 7) is 9.76. The van der Waals surface area contributed by atoms with E-state index in [-0.39, 0.29) is 6.04 Å². The van der Waals surface area contributed by atoms with Crippen LogP contribution in [0.2, 0.25) is 0 Å². The maximum atomic E-state index is 5.80. The second-order valence-corrected chi connectivity index (χ2v) is 6.40. The number of aromatic nitrogens is 2. The fourth-order valence-corrected chi connectivity index (χ4v) is 2.88. The highest BCUT2D eigenvalue weighted by Gasteiger charge is 2.17. The van der Waals surface area contributed by atoms with Crippen LogP contribution in [0, 0.1) is 12.8 Å². The first-order valence-corrected chi connectivity index (χ1v) is 7.70. The molecule has 0 fully saturated rings. The number of aryl methyl sites for hydroxylation is 1. The predicted molar refractivity (Wildman–Crippen MR) is 85.3 cm³/mol. The molecular formula is C14H22N4OS. The number of nitrogens with two attached hydrogens (primary N) is 1. The summed E-state index contributed by atoms with van der Waals surface area (Å²) in [5, 5.41) is 4.49. The first kappa shape index (κ1) is 15.0. The van der Waals surface area contributed by atoms with Gasteiger partial charge in [-0.2, -0.15) is 4.98 Å². The lowest BCUT2D eigenvalue weighted by molar-refractivity contribution is 0.126. The molecule has 3 N–H and O–H groups in total. The Balaban J connectivity index is 2.30. The molecular weight excluding hydrogens is 272 g/mol. The van der Waals surface area contributed by atoms with Gasteiger partial charge in [0.15, 0.2) is 0 Å². The summed E-state index contributed by atoms with van der Waals surface area (Å²) in [7, 11) is 0. The maximum Gasteiger partial charge on any atom is 0.223 e. The molecule has 2 aromatic rings. The SMILES string of the molecule is CCOCC(Nc1nc(N)nc2sc(C)cc12)C(C)C. The van der Waals surface area contributed by atoms with Gasteiger partial charge in [-0.1, -0.05) is 13.8 Å². The van der Waals surface area contributed by atoms with E-state index in [0.717, 1.165) is 16.0 Å². The highest BCUT2D eigenvalue weighted by Crippen LogP contribution is 2.29. The van der Waals surface area contributed by atoms with Gasteiger partial charge in [-0.25, -0.2) is 4.98 Å². The summed E-state index contributed by atoms with van der Waals surface area (Å²) in [6, 6.07) is 2.30. The third kappa shape index (κ3) is 3.37. The van der Waals surface area contributed by atoms with Gasteiger partial charge in [0, 0.05) is 11.5 Å². The van der Waals surface area contributed by atoms with E-state index in [4.69, 9.17) is 10.5 Å². The van der Waals surface area contributed by atoms with E-state index in [2.05, 4.69) is 42.1 Å². The Morgan fingerprint density at radius 1 is 1.40 bits per heavy atom. The van der Waals surface area contributed by atoms with Gasteiger partial charge in [0.25, 0.3) is 0 Å². The molecule has 6 heteroatoms. The molecule has 0 spiro atoms. The Labute approximate surface area is 123 Å². The van der Waals surface area contributed by atoms with Crippen LogP contribution >= 0.6 is 11.3 Å². The lowest BCUT2D eigenvalue weighted by Gasteiger charge is -2.23. The largest absolute Gasteiger partial charge is 0.380 e. The van der Waals surface area contributed by atoms with Gasteiger partial charge in [-0.3, -0.25) is 0 Å². The van der Waals surface area contributed by atoms with Crippen LogP contribution in [0.15, 0.2) is 6.07 Å². The molecule has 0 aliphatic heterocycles. The van der Waals surface area contributed by atoms with Crippen LogP contribution < -0.4 is 11.1 Å². The number of nitrogens with one attached hydrogen (secondary N) is 1. The van der Waals surface area contributed by atoms with Crippen molar-refractivity contribution >= 4 is 33.3 Å². The van der Waals surface area contributed by atoms with Crippen molar-refractivity contribution < 1.29 is 4.74 Å². The van der Waals surface area contributed by atoms with Gasteiger partial charge in [0.1, 0.15) is 10.6 Å². The number of hydrogen-bond donors (Lipinski definition) is 2. The topological polar surface area (TPSA) is 73.1 Å². The van der Waals surface area contributed by atoms with Crippen molar-refractivity contribution in [1.82, 2.24) is 9.97 Å². The Hall–Kier alpha value is -1.40. The predicted octanol–water partition coefficient (Wildman–Crippen LogP) is 3.05. The summed E-state index contributed by atoms with van der Waals surface area (Å²) in [5.74, 6) is 1.54. The van der Waals surface area contributed by atoms with Crippen LogP contribution in [0.4, 0.5) is 11.8 Å². The third-order valence-electron chi connectivity index (χ3n) is 3.16. The monoisotopic (exact) mass is 294 g/mol. The smallest absolute Gasteiger partial charge is 0.223 e. The molecule has 2 rings (SSSR count). The fraction of sp³-hybridized carbons (Fsp3) is 0.571. The van der Waals surface area contributed by atoms with E-state index in [0.29, 0.717) is 25.1 Å². The average molecular weight is 294 g/mol. The standard InChI is InChI=1S/C14H22N4OS/c1-5-19-7-11(8(2)3)16-12-10-6-9(4)20-13(10)18-14(15)17-12/h6,8,11H,5,7H2,1-4H3,(H3,15,16,17,18). The van der Waals surface area contributed by atoms with Crippen LogP contribution in [-0.4, -0.2) is 29.2 Å². The number of nitrogens with zero attached hydrogens (tertiary/aromatic N) is 2. The normalized spacial score (nSPS) is 13.1. The van der Waals surface area contributed by atoms with Crippen LogP contribution in [-0.2, 0) is 4.74 Å². The van der Waals surface area contributed by atoms with Crippen molar-refractivity contribution in [1.29, 1.82) is 0 Å². The molecule has 5 nitrogen and oxygen atoms in total. The van der Waals surface area contributed by atoms with E-state index < -0.39 is 0 Å². The zero-order valence-corrected chi connectivity index (χ0v) is 13.3. The molecule has 0 radical (unpaired) electrons. The van der Waals surface area contributed by atoms with Crippen LogP contribution in [0.5, 0.6) is 0 Å². The number of rotatable bonds is 6. The van der Waals surface area contributed by atoms with E-state index in [9.17, 15) is 0 Å². The molecule has 110 valence electrons. The summed E-state index contributed by atoms with van der Waals surface area (Å²) in [4.78, 5) is 10.8. The Morgan fingerprint density at radius 3 is 2.80 bits per heavy atom. The molecule has 0 saturated heterocycles. The molecule has 0 bridgehead atoms. The number of nitrogen functional groups attached to an aromatic ring is 1. The summed E-state index contributed by atoms with van der Waals surface area (Å²) in [6.07, 6.45) is 0. The molecule has 0 aliphatic carbocycles. The van der Waals surface area contributed by atoms with Crippen molar-refractivity contribution in [3.63, 3.8) is 0 Å². The molecule has 1 unspecified atom stereocenters. The van der Waals surface area contributed by atoms with Crippen molar-refractivity contribution in [3.05, 3.63) is 10.9 Å². The minimum atomic E-state index is 0.202. The fourth-order valence-electron chi connectivity index (χ4n) is 1.99. The molecule has 2 heterocycles. The molecule has 0 saturated carbocycles. The highest BCUT2D eigenvalue weighted by molar-refractivity contribution is 7.18. The molecule has 0 aliphatic rings. The van der Waals surface area contributed by atoms with Gasteiger partial charge in [0.2, 0.25) is 5.95 Å². The maximum absolute atomic E-state index is 5.80. The minimum absolute atomic E-state index is 0.202. The van der Waals surface area contributed by atoms with Crippen LogP contribution in [0.1, 0.15) is 25.6 Å². The Morgan fingerprint density at radius 2 is 2.15 bits per heavy atom. The van der Waals surface area contributed by atoms with Gasteiger partial charge >= 0.3 is 0 Å². The average Bonchev–Trinajstić information content (AvgIpc) is 2.74. The Bertz CT molecular complexity index is 582. The molecule has 1 atom stereocenters. The molecule has 20 heavy (non-hydrogen) atoms. The summed E-state index contributed by atoms with van der Waals surface area (Å²) >= 11 is 1.63. The lowest BCUT2D eigenvalue weighted by Crippen LogP contribution is -2.31. The summed E-state index contributed by atoms with van der Waals surface area (Å²) < 4.78 is 5.54. The number of hydrogen-bond acceptors (Lipinski definition) is 6. The van der Waals surface area contributed by atoms with Crippen molar-refractivity contribution in [3.8, 4) is 0 Å². The van der Waals surface area contributed by atoms with E-state index >= 15 is 0 Å². The quantitative estimate of drug-likeness (QED) is 0.856. The summed E-state index contributed by atoms with van der Waals surface area (Å²) in [5.41, 5.74) is 5.80. The van der Waals surface area contributed by atoms with E-state index in [1.54, 1.807) is 11.3 Å². The zero-order valence-electron chi connectivity index (χ0n) is 12.4. The third-order valence-corrected chi connectivity index (χ3v) is 4.11. The van der Waals surface area contributed by atoms with Gasteiger partial charge in [-0.15, -0.1) is 11.3 Å². The second kappa shape index (κ2) is 6.37. The van der Waals surface area contributed by atoms with Crippen LogP contribution in [0.25, 0.3) is 10.2 Å². The Kier molecular flexibility index (Phi) is 4.77. The number of fused-ring (bicyclic) bond motifs is 1. The first-order valence-electron chi connectivity index (χ1n) is 6.89. The number of thiophene rings is 1.